The molecule has 1 aromatic carbocycles. The lowest BCUT2D eigenvalue weighted by Gasteiger charge is -2.30. The fourth-order valence-corrected chi connectivity index (χ4v) is 2.88. The van der Waals surface area contributed by atoms with Crippen LogP contribution in [0.3, 0.4) is 0 Å². The molecule has 0 N–H and O–H groups in total. The molecule has 0 aliphatic rings. The van der Waals surface area contributed by atoms with Crippen LogP contribution in [-0.4, -0.2) is 30.9 Å². The van der Waals surface area contributed by atoms with Crippen molar-refractivity contribution in [2.45, 2.75) is 40.7 Å². The van der Waals surface area contributed by atoms with Crippen molar-refractivity contribution in [3.05, 3.63) is 57.0 Å². The van der Waals surface area contributed by atoms with Crippen LogP contribution in [0.25, 0.3) is 11.0 Å². The van der Waals surface area contributed by atoms with Gasteiger partial charge in [-0.25, -0.2) is 4.79 Å². The highest BCUT2D eigenvalue weighted by atomic mass is 16.4. The lowest BCUT2D eigenvalue weighted by molar-refractivity contribution is -0.902. The average molecular weight is 342 g/mol. The Labute approximate surface area is 149 Å². The van der Waals surface area contributed by atoms with E-state index in [1.54, 1.807) is 6.07 Å². The van der Waals surface area contributed by atoms with E-state index < -0.39 is 0 Å². The molecule has 0 fully saturated rings. The van der Waals surface area contributed by atoms with Crippen molar-refractivity contribution in [1.82, 2.24) is 0 Å². The van der Waals surface area contributed by atoms with Crippen molar-refractivity contribution in [3.63, 3.8) is 0 Å². The molecule has 0 saturated heterocycles. The number of carbonyl (C=O) groups is 1. The van der Waals surface area contributed by atoms with Crippen molar-refractivity contribution in [2.75, 3.05) is 20.6 Å². The number of hydrogen-bond acceptors (Lipinski definition) is 3. The van der Waals surface area contributed by atoms with Crippen LogP contribution in [0.4, 0.5) is 0 Å². The topological polar surface area (TPSA) is 47.3 Å². The summed E-state index contributed by atoms with van der Waals surface area (Å²) >= 11 is 0. The molecule has 0 atom stereocenters. The number of aryl methyl sites for hydroxylation is 1. The standard InChI is InChI=1S/C21H28NO3/c1-14(2)16(4)19(23)9-10-22(5,6)13-17-12-21(24)25-20-11-15(3)7-8-18(17)20/h7-8,11-12H,9-10,13H2,1-6H3/q+1. The highest BCUT2D eigenvalue weighted by Gasteiger charge is 2.21. The van der Waals surface area contributed by atoms with Crippen LogP contribution in [0.15, 0.2) is 44.6 Å². The number of hydrogen-bond donors (Lipinski definition) is 0. The molecule has 134 valence electrons. The molecule has 0 aliphatic carbocycles. The number of quaternary nitrogens is 1. The molecule has 0 amide bonds. The summed E-state index contributed by atoms with van der Waals surface area (Å²) in [5, 5.41) is 0.961. The summed E-state index contributed by atoms with van der Waals surface area (Å²) in [6, 6.07) is 7.48. The van der Waals surface area contributed by atoms with Crippen molar-refractivity contribution in [2.24, 2.45) is 0 Å². The van der Waals surface area contributed by atoms with Crippen LogP contribution in [0.1, 0.15) is 38.3 Å². The van der Waals surface area contributed by atoms with E-state index in [0.29, 0.717) is 23.0 Å². The van der Waals surface area contributed by atoms with Gasteiger partial charge in [-0.15, -0.1) is 0 Å². The lowest BCUT2D eigenvalue weighted by Crippen LogP contribution is -2.40. The van der Waals surface area contributed by atoms with Gasteiger partial charge < -0.3 is 8.90 Å². The van der Waals surface area contributed by atoms with Gasteiger partial charge in [-0.1, -0.05) is 17.7 Å². The monoisotopic (exact) mass is 342 g/mol. The van der Waals surface area contributed by atoms with Gasteiger partial charge in [-0.3, -0.25) is 4.79 Å². The minimum absolute atomic E-state index is 0.194. The number of benzene rings is 1. The van der Waals surface area contributed by atoms with Crippen LogP contribution in [0.5, 0.6) is 0 Å². The molecule has 0 saturated carbocycles. The number of rotatable bonds is 6. The zero-order valence-electron chi connectivity index (χ0n) is 16.1. The molecular formula is C21H28NO3+. The Balaban J connectivity index is 2.23. The van der Waals surface area contributed by atoms with Crippen LogP contribution in [0, 0.1) is 6.92 Å². The maximum absolute atomic E-state index is 12.3. The van der Waals surface area contributed by atoms with Crippen molar-refractivity contribution >= 4 is 16.8 Å². The van der Waals surface area contributed by atoms with E-state index in [4.69, 9.17) is 4.42 Å². The molecule has 25 heavy (non-hydrogen) atoms. The molecule has 0 spiro atoms. The Morgan fingerprint density at radius 1 is 1.12 bits per heavy atom. The Morgan fingerprint density at radius 2 is 1.80 bits per heavy atom. The van der Waals surface area contributed by atoms with Crippen molar-refractivity contribution in [1.29, 1.82) is 0 Å². The predicted octanol–water partition coefficient (Wildman–Crippen LogP) is 3.99. The zero-order chi connectivity index (χ0) is 18.8. The van der Waals surface area contributed by atoms with Crippen LogP contribution in [-0.2, 0) is 11.3 Å². The van der Waals surface area contributed by atoms with Gasteiger partial charge in [0.05, 0.1) is 27.1 Å². The molecule has 2 rings (SSSR count). The highest BCUT2D eigenvalue weighted by Crippen LogP contribution is 2.21. The number of fused-ring (bicyclic) bond motifs is 1. The van der Waals surface area contributed by atoms with Gasteiger partial charge in [0.1, 0.15) is 12.1 Å². The van der Waals surface area contributed by atoms with Gasteiger partial charge >= 0.3 is 5.63 Å². The van der Waals surface area contributed by atoms with E-state index >= 15 is 0 Å². The van der Waals surface area contributed by atoms with Crippen molar-refractivity contribution in [3.8, 4) is 0 Å². The summed E-state index contributed by atoms with van der Waals surface area (Å²) in [4.78, 5) is 24.2. The van der Waals surface area contributed by atoms with E-state index in [-0.39, 0.29) is 11.4 Å². The summed E-state index contributed by atoms with van der Waals surface area (Å²) < 4.78 is 5.96. The molecule has 1 heterocycles. The Morgan fingerprint density at radius 3 is 2.44 bits per heavy atom. The van der Waals surface area contributed by atoms with E-state index in [0.717, 1.165) is 34.2 Å². The lowest BCUT2D eigenvalue weighted by atomic mass is 10.0. The van der Waals surface area contributed by atoms with Gasteiger partial charge in [-0.05, 0) is 44.9 Å². The number of carbonyl (C=O) groups excluding carboxylic acids is 1. The first-order valence-electron chi connectivity index (χ1n) is 8.62. The quantitative estimate of drug-likeness (QED) is 0.453. The summed E-state index contributed by atoms with van der Waals surface area (Å²) in [5.41, 5.74) is 4.23. The van der Waals surface area contributed by atoms with Crippen LogP contribution < -0.4 is 5.63 Å². The number of ketones is 1. The SMILES string of the molecule is CC(C)=C(C)C(=O)CC[N+](C)(C)Cc1cc(=O)oc2cc(C)ccc12. The third-order valence-corrected chi connectivity index (χ3v) is 4.70. The summed E-state index contributed by atoms with van der Waals surface area (Å²) in [6.45, 7) is 9.18. The van der Waals surface area contributed by atoms with Gasteiger partial charge in [0, 0.05) is 17.0 Å². The Kier molecular flexibility index (Phi) is 5.63. The maximum Gasteiger partial charge on any atom is 0.336 e. The Hall–Kier alpha value is -2.20. The fourth-order valence-electron chi connectivity index (χ4n) is 2.88. The van der Waals surface area contributed by atoms with Gasteiger partial charge in [0.15, 0.2) is 5.78 Å². The first-order chi connectivity index (χ1) is 11.6. The second-order valence-electron chi connectivity index (χ2n) is 7.71. The molecule has 0 radical (unpaired) electrons. The minimum Gasteiger partial charge on any atom is -0.423 e. The number of nitrogens with zero attached hydrogens (tertiary/aromatic N) is 1. The van der Waals surface area contributed by atoms with Gasteiger partial charge in [0.2, 0.25) is 0 Å². The largest absolute Gasteiger partial charge is 0.423 e. The third kappa shape index (κ3) is 4.89. The van der Waals surface area contributed by atoms with Gasteiger partial charge in [0.25, 0.3) is 0 Å². The molecule has 4 heteroatoms. The van der Waals surface area contributed by atoms with Crippen LogP contribution >= 0.6 is 0 Å². The average Bonchev–Trinajstić information content (AvgIpc) is 2.50. The first-order valence-corrected chi connectivity index (χ1v) is 8.62. The molecular weight excluding hydrogens is 314 g/mol. The van der Waals surface area contributed by atoms with Gasteiger partial charge in [-0.2, -0.15) is 0 Å². The van der Waals surface area contributed by atoms with Crippen molar-refractivity contribution < 1.29 is 13.7 Å². The molecule has 4 nitrogen and oxygen atoms in total. The summed E-state index contributed by atoms with van der Waals surface area (Å²) in [7, 11) is 4.17. The summed E-state index contributed by atoms with van der Waals surface area (Å²) in [6.07, 6.45) is 0.502. The van der Waals surface area contributed by atoms with E-state index in [1.807, 2.05) is 45.9 Å². The molecule has 1 aromatic heterocycles. The molecule has 2 aromatic rings. The fraction of sp³-hybridized carbons (Fsp3) is 0.429. The van der Waals surface area contributed by atoms with E-state index in [2.05, 4.69) is 14.1 Å². The number of allylic oxidation sites excluding steroid dienone is 2. The summed E-state index contributed by atoms with van der Waals surface area (Å²) in [5.74, 6) is 0.194. The Bertz CT molecular complexity index is 884. The second kappa shape index (κ2) is 7.36. The van der Waals surface area contributed by atoms with Crippen LogP contribution in [0.2, 0.25) is 0 Å². The zero-order valence-corrected chi connectivity index (χ0v) is 16.1. The first kappa shape index (κ1) is 19.1. The molecule has 0 unspecified atom stereocenters. The second-order valence-corrected chi connectivity index (χ2v) is 7.71. The molecule has 0 aliphatic heterocycles. The number of Topliss-reactive ketones (excluding diaryl/α,β-unsaturated/α-hetero) is 1. The van der Waals surface area contributed by atoms with E-state index in [1.165, 1.54) is 0 Å². The highest BCUT2D eigenvalue weighted by molar-refractivity contribution is 5.95. The maximum atomic E-state index is 12.3. The molecule has 0 bridgehead atoms. The smallest absolute Gasteiger partial charge is 0.336 e. The van der Waals surface area contributed by atoms with E-state index in [9.17, 15) is 9.59 Å². The predicted molar refractivity (Wildman–Crippen MR) is 102 cm³/mol. The minimum atomic E-state index is -0.329. The third-order valence-electron chi connectivity index (χ3n) is 4.70. The normalized spacial score (nSPS) is 11.6.